The van der Waals surface area contributed by atoms with E-state index in [0.29, 0.717) is 17.5 Å². The third kappa shape index (κ3) is 6.94. The average Bonchev–Trinajstić information content (AvgIpc) is 3.28. The van der Waals surface area contributed by atoms with Crippen LogP contribution in [0.4, 0.5) is 11.4 Å². The molecule has 1 heterocycles. The van der Waals surface area contributed by atoms with Crippen LogP contribution in [0.25, 0.3) is 0 Å². The lowest BCUT2D eigenvalue weighted by Crippen LogP contribution is -2.33. The smallest absolute Gasteiger partial charge is 0.270 e. The van der Waals surface area contributed by atoms with Gasteiger partial charge in [-0.1, -0.05) is 63.7 Å². The van der Waals surface area contributed by atoms with E-state index in [1.54, 1.807) is 0 Å². The number of nitro benzene ring substituents is 1. The topological polar surface area (TPSA) is 132 Å². The summed E-state index contributed by atoms with van der Waals surface area (Å²) >= 11 is 1.27. The number of benzene rings is 2. The summed E-state index contributed by atoms with van der Waals surface area (Å²) in [6.07, 6.45) is 0. The van der Waals surface area contributed by atoms with Gasteiger partial charge in [0.2, 0.25) is 5.91 Å². The molecule has 0 fully saturated rings. The summed E-state index contributed by atoms with van der Waals surface area (Å²) in [7, 11) is 0. The van der Waals surface area contributed by atoms with Crippen LogP contribution in [-0.4, -0.2) is 37.3 Å². The monoisotopic (exact) mass is 524 g/mol. The number of nitrogens with zero attached hydrogens (tertiary/aromatic N) is 4. The fourth-order valence-corrected chi connectivity index (χ4v) is 4.69. The molecule has 196 valence electrons. The molecule has 0 bridgehead atoms. The molecular weight excluding hydrogens is 492 g/mol. The van der Waals surface area contributed by atoms with Crippen LogP contribution in [0.1, 0.15) is 68.3 Å². The molecule has 10 nitrogen and oxygen atoms in total. The number of anilines is 1. The maximum atomic E-state index is 12.9. The zero-order valence-corrected chi connectivity index (χ0v) is 22.4. The van der Waals surface area contributed by atoms with Crippen molar-refractivity contribution < 1.29 is 14.5 Å². The SMILES string of the molecule is CCn1c(SCC(=O)Nc2ccccc2C(C)C)nnc1[C@@H](NC(=O)c1cccc([N+](=O)[O-])c1)C(C)C. The third-order valence-electron chi connectivity index (χ3n) is 5.80. The van der Waals surface area contributed by atoms with Gasteiger partial charge in [0, 0.05) is 29.9 Å². The Morgan fingerprint density at radius 1 is 1.08 bits per heavy atom. The Hall–Kier alpha value is -3.73. The van der Waals surface area contributed by atoms with Crippen LogP contribution in [-0.2, 0) is 11.3 Å². The second-order valence-corrected chi connectivity index (χ2v) is 10.1. The van der Waals surface area contributed by atoms with Crippen molar-refractivity contribution >= 4 is 35.0 Å². The molecule has 1 aromatic heterocycles. The van der Waals surface area contributed by atoms with Crippen LogP contribution in [0.3, 0.4) is 0 Å². The minimum atomic E-state index is -0.536. The molecular formula is C26H32N6O4S. The lowest BCUT2D eigenvalue weighted by molar-refractivity contribution is -0.384. The van der Waals surface area contributed by atoms with Gasteiger partial charge < -0.3 is 15.2 Å². The highest BCUT2D eigenvalue weighted by Gasteiger charge is 2.27. The van der Waals surface area contributed by atoms with Gasteiger partial charge in [-0.25, -0.2) is 0 Å². The van der Waals surface area contributed by atoms with E-state index >= 15 is 0 Å². The Balaban J connectivity index is 1.74. The van der Waals surface area contributed by atoms with Crippen molar-refractivity contribution in [2.24, 2.45) is 5.92 Å². The highest BCUT2D eigenvalue weighted by Crippen LogP contribution is 2.27. The highest BCUT2D eigenvalue weighted by atomic mass is 32.2. The van der Waals surface area contributed by atoms with E-state index in [9.17, 15) is 19.7 Å². The third-order valence-corrected chi connectivity index (χ3v) is 6.77. The molecule has 0 radical (unpaired) electrons. The molecule has 3 rings (SSSR count). The summed E-state index contributed by atoms with van der Waals surface area (Å²) in [5.74, 6) is 0.363. The summed E-state index contributed by atoms with van der Waals surface area (Å²) in [6.45, 7) is 10.5. The molecule has 2 amide bonds. The number of rotatable bonds is 11. The van der Waals surface area contributed by atoms with Crippen molar-refractivity contribution in [3.8, 4) is 0 Å². The number of non-ortho nitro benzene ring substituents is 1. The molecule has 2 N–H and O–H groups in total. The number of amides is 2. The zero-order chi connectivity index (χ0) is 27.1. The van der Waals surface area contributed by atoms with Gasteiger partial charge in [0.25, 0.3) is 11.6 Å². The maximum Gasteiger partial charge on any atom is 0.270 e. The number of hydrogen-bond acceptors (Lipinski definition) is 7. The Morgan fingerprint density at radius 2 is 1.81 bits per heavy atom. The van der Waals surface area contributed by atoms with Crippen LogP contribution >= 0.6 is 11.8 Å². The quantitative estimate of drug-likeness (QED) is 0.200. The van der Waals surface area contributed by atoms with Gasteiger partial charge >= 0.3 is 0 Å². The first-order valence-corrected chi connectivity index (χ1v) is 13.1. The largest absolute Gasteiger partial charge is 0.342 e. The normalized spacial score (nSPS) is 12.0. The Bertz CT molecular complexity index is 1270. The van der Waals surface area contributed by atoms with Gasteiger partial charge in [-0.3, -0.25) is 19.7 Å². The molecule has 37 heavy (non-hydrogen) atoms. The second kappa shape index (κ2) is 12.5. The molecule has 2 aromatic carbocycles. The first-order chi connectivity index (χ1) is 17.6. The Morgan fingerprint density at radius 3 is 2.46 bits per heavy atom. The predicted octanol–water partition coefficient (Wildman–Crippen LogP) is 5.19. The molecule has 3 aromatic rings. The summed E-state index contributed by atoms with van der Waals surface area (Å²) in [5.41, 5.74) is 1.90. The van der Waals surface area contributed by atoms with Crippen molar-refractivity contribution in [1.29, 1.82) is 0 Å². The lowest BCUT2D eigenvalue weighted by Gasteiger charge is -2.22. The van der Waals surface area contributed by atoms with Gasteiger partial charge in [-0.15, -0.1) is 10.2 Å². The van der Waals surface area contributed by atoms with Crippen LogP contribution in [0, 0.1) is 16.0 Å². The van der Waals surface area contributed by atoms with E-state index in [2.05, 4.69) is 34.7 Å². The van der Waals surface area contributed by atoms with E-state index in [1.807, 2.05) is 49.6 Å². The van der Waals surface area contributed by atoms with Crippen LogP contribution in [0.15, 0.2) is 53.7 Å². The fraction of sp³-hybridized carbons (Fsp3) is 0.385. The minimum Gasteiger partial charge on any atom is -0.342 e. The van der Waals surface area contributed by atoms with Crippen LogP contribution in [0.2, 0.25) is 0 Å². The molecule has 0 saturated heterocycles. The minimum absolute atomic E-state index is 0.0363. The summed E-state index contributed by atoms with van der Waals surface area (Å²) in [5, 5.41) is 26.2. The standard InChI is InChI=1S/C26H32N6O4S/c1-6-31-24(23(17(4)5)28-25(34)18-10-9-11-19(14-18)32(35)36)29-30-26(31)37-15-22(33)27-21-13-8-7-12-20(21)16(2)3/h7-14,16-17,23H,6,15H2,1-5H3,(H,27,33)(H,28,34)/t23-/m0/s1. The van der Waals surface area contributed by atoms with Crippen molar-refractivity contribution in [2.45, 2.75) is 58.3 Å². The van der Waals surface area contributed by atoms with Crippen molar-refractivity contribution in [2.75, 3.05) is 11.1 Å². The first kappa shape index (κ1) is 27.9. The second-order valence-electron chi connectivity index (χ2n) is 9.17. The van der Waals surface area contributed by atoms with Gasteiger partial charge in [0.1, 0.15) is 0 Å². The Labute approximate surface area is 220 Å². The summed E-state index contributed by atoms with van der Waals surface area (Å²) in [6, 6.07) is 12.8. The van der Waals surface area contributed by atoms with E-state index in [-0.39, 0.29) is 34.7 Å². The molecule has 0 unspecified atom stereocenters. The van der Waals surface area contributed by atoms with E-state index < -0.39 is 16.9 Å². The number of para-hydroxylation sites is 1. The molecule has 0 aliphatic carbocycles. The van der Waals surface area contributed by atoms with Crippen molar-refractivity contribution in [3.63, 3.8) is 0 Å². The van der Waals surface area contributed by atoms with Gasteiger partial charge in [-0.2, -0.15) is 0 Å². The number of carbonyl (C=O) groups is 2. The number of nitro groups is 1. The van der Waals surface area contributed by atoms with E-state index in [0.717, 1.165) is 11.3 Å². The summed E-state index contributed by atoms with van der Waals surface area (Å²) in [4.78, 5) is 36.2. The summed E-state index contributed by atoms with van der Waals surface area (Å²) < 4.78 is 1.87. The number of aromatic nitrogens is 3. The van der Waals surface area contributed by atoms with Gasteiger partial charge in [-0.05, 0) is 36.5 Å². The van der Waals surface area contributed by atoms with E-state index in [4.69, 9.17) is 0 Å². The average molecular weight is 525 g/mol. The fourth-order valence-electron chi connectivity index (χ4n) is 3.88. The van der Waals surface area contributed by atoms with Crippen LogP contribution in [0.5, 0.6) is 0 Å². The molecule has 11 heteroatoms. The van der Waals surface area contributed by atoms with Gasteiger partial charge in [0.05, 0.1) is 16.7 Å². The van der Waals surface area contributed by atoms with Crippen LogP contribution < -0.4 is 10.6 Å². The Kier molecular flexibility index (Phi) is 9.40. The molecule has 0 aliphatic heterocycles. The number of hydrogen-bond donors (Lipinski definition) is 2. The molecule has 1 atom stereocenters. The lowest BCUT2D eigenvalue weighted by atomic mass is 10.0. The van der Waals surface area contributed by atoms with E-state index in [1.165, 1.54) is 36.0 Å². The molecule has 0 saturated carbocycles. The van der Waals surface area contributed by atoms with Crippen molar-refractivity contribution in [3.05, 3.63) is 75.6 Å². The zero-order valence-electron chi connectivity index (χ0n) is 21.6. The first-order valence-electron chi connectivity index (χ1n) is 12.1. The maximum absolute atomic E-state index is 12.9. The van der Waals surface area contributed by atoms with Crippen molar-refractivity contribution in [1.82, 2.24) is 20.1 Å². The molecule has 0 aliphatic rings. The number of nitrogens with one attached hydrogen (secondary N) is 2. The molecule has 0 spiro atoms. The van der Waals surface area contributed by atoms with Gasteiger partial charge in [0.15, 0.2) is 11.0 Å². The highest BCUT2D eigenvalue weighted by molar-refractivity contribution is 7.99. The predicted molar refractivity (Wildman–Crippen MR) is 144 cm³/mol. The number of carbonyl (C=O) groups excluding carboxylic acids is 2. The number of thioether (sulfide) groups is 1.